The monoisotopic (exact) mass is 356 g/mol. The van der Waals surface area contributed by atoms with Crippen molar-refractivity contribution in [2.24, 2.45) is 0 Å². The predicted octanol–water partition coefficient (Wildman–Crippen LogP) is 4.76. The second-order valence-electron chi connectivity index (χ2n) is 5.40. The SMILES string of the molecule is Fc1cc2nc(/C(Cl)=C/c3ccc(-n4cccn4)cc3)[nH]c2cc1F. The maximum Gasteiger partial charge on any atom is 0.161 e. The molecule has 4 rings (SSSR count). The van der Waals surface area contributed by atoms with Gasteiger partial charge in [-0.05, 0) is 29.8 Å². The fourth-order valence-corrected chi connectivity index (χ4v) is 2.69. The molecule has 0 saturated heterocycles. The van der Waals surface area contributed by atoms with Gasteiger partial charge in [0.1, 0.15) is 5.82 Å². The number of nitrogens with zero attached hydrogens (tertiary/aromatic N) is 3. The van der Waals surface area contributed by atoms with Gasteiger partial charge in [-0.2, -0.15) is 5.10 Å². The number of hydrogen-bond donors (Lipinski definition) is 1. The van der Waals surface area contributed by atoms with Gasteiger partial charge in [-0.25, -0.2) is 18.4 Å². The molecule has 4 nitrogen and oxygen atoms in total. The first kappa shape index (κ1) is 15.5. The van der Waals surface area contributed by atoms with Crippen LogP contribution in [0.5, 0.6) is 0 Å². The highest BCUT2D eigenvalue weighted by Crippen LogP contribution is 2.24. The molecule has 0 bridgehead atoms. The standard InChI is InChI=1S/C18H11ClF2N4/c19-13(18-23-16-9-14(20)15(21)10-17(16)24-18)8-11-2-4-12(5-3-11)25-7-1-6-22-25/h1-10H,(H,23,24)/b13-8-. The van der Waals surface area contributed by atoms with Gasteiger partial charge >= 0.3 is 0 Å². The molecule has 1 N–H and O–H groups in total. The first-order chi connectivity index (χ1) is 12.1. The van der Waals surface area contributed by atoms with Gasteiger partial charge in [0.2, 0.25) is 0 Å². The third-order valence-electron chi connectivity index (χ3n) is 3.71. The van der Waals surface area contributed by atoms with E-state index >= 15 is 0 Å². The molecule has 0 atom stereocenters. The van der Waals surface area contributed by atoms with Gasteiger partial charge in [0.05, 0.1) is 21.8 Å². The van der Waals surface area contributed by atoms with Crippen LogP contribution in [-0.4, -0.2) is 19.7 Å². The van der Waals surface area contributed by atoms with Crippen LogP contribution in [0.1, 0.15) is 11.4 Å². The molecule has 25 heavy (non-hydrogen) atoms. The van der Waals surface area contributed by atoms with Gasteiger partial charge in [0, 0.05) is 24.5 Å². The van der Waals surface area contributed by atoms with Gasteiger partial charge in [-0.15, -0.1) is 0 Å². The molecule has 0 radical (unpaired) electrons. The Balaban J connectivity index is 1.64. The van der Waals surface area contributed by atoms with Crippen molar-refractivity contribution in [1.82, 2.24) is 19.7 Å². The topological polar surface area (TPSA) is 46.5 Å². The van der Waals surface area contributed by atoms with Crippen LogP contribution in [0.2, 0.25) is 0 Å². The van der Waals surface area contributed by atoms with Gasteiger partial charge < -0.3 is 4.98 Å². The van der Waals surface area contributed by atoms with Crippen LogP contribution in [-0.2, 0) is 0 Å². The summed E-state index contributed by atoms with van der Waals surface area (Å²) in [5, 5.41) is 4.50. The first-order valence-corrected chi connectivity index (χ1v) is 7.80. The first-order valence-electron chi connectivity index (χ1n) is 7.42. The molecule has 0 aliphatic carbocycles. The van der Waals surface area contributed by atoms with Crippen LogP contribution in [0.3, 0.4) is 0 Å². The number of halogens is 3. The molecule has 0 fully saturated rings. The molecule has 0 spiro atoms. The van der Waals surface area contributed by atoms with Crippen molar-refractivity contribution in [3.8, 4) is 5.69 Å². The number of aromatic nitrogens is 4. The number of imidazole rings is 1. The van der Waals surface area contributed by atoms with Gasteiger partial charge in [-0.1, -0.05) is 23.7 Å². The number of rotatable bonds is 3. The van der Waals surface area contributed by atoms with Crippen LogP contribution in [0.15, 0.2) is 54.9 Å². The van der Waals surface area contributed by atoms with E-state index in [0.29, 0.717) is 21.9 Å². The molecule has 4 aromatic rings. The quantitative estimate of drug-likeness (QED) is 0.575. The van der Waals surface area contributed by atoms with Gasteiger partial charge in [-0.3, -0.25) is 0 Å². The second-order valence-corrected chi connectivity index (χ2v) is 5.81. The number of hydrogen-bond acceptors (Lipinski definition) is 2. The lowest BCUT2D eigenvalue weighted by Crippen LogP contribution is -1.93. The van der Waals surface area contributed by atoms with E-state index in [9.17, 15) is 8.78 Å². The van der Waals surface area contributed by atoms with Crippen LogP contribution in [0, 0.1) is 11.6 Å². The fourth-order valence-electron chi connectivity index (χ4n) is 2.48. The minimum atomic E-state index is -0.945. The highest BCUT2D eigenvalue weighted by molar-refractivity contribution is 6.50. The maximum absolute atomic E-state index is 13.3. The molecule has 0 amide bonds. The van der Waals surface area contributed by atoms with E-state index in [1.807, 2.05) is 36.5 Å². The lowest BCUT2D eigenvalue weighted by molar-refractivity contribution is 0.510. The Morgan fingerprint density at radius 1 is 1.12 bits per heavy atom. The summed E-state index contributed by atoms with van der Waals surface area (Å²) < 4.78 is 28.3. The van der Waals surface area contributed by atoms with Crippen LogP contribution in [0.4, 0.5) is 8.78 Å². The molecule has 0 aliphatic rings. The fraction of sp³-hybridized carbons (Fsp3) is 0. The Bertz CT molecular complexity index is 1030. The van der Waals surface area contributed by atoms with E-state index in [1.54, 1.807) is 17.0 Å². The minimum Gasteiger partial charge on any atom is -0.337 e. The van der Waals surface area contributed by atoms with Crippen molar-refractivity contribution in [3.05, 3.63) is 77.9 Å². The molecular weight excluding hydrogens is 346 g/mol. The van der Waals surface area contributed by atoms with Crippen molar-refractivity contribution in [2.75, 3.05) is 0 Å². The van der Waals surface area contributed by atoms with E-state index in [0.717, 1.165) is 23.4 Å². The van der Waals surface area contributed by atoms with Crippen molar-refractivity contribution in [1.29, 1.82) is 0 Å². The molecule has 124 valence electrons. The molecule has 0 saturated carbocycles. The van der Waals surface area contributed by atoms with E-state index in [4.69, 9.17) is 11.6 Å². The number of nitrogens with one attached hydrogen (secondary N) is 1. The van der Waals surface area contributed by atoms with Crippen LogP contribution >= 0.6 is 11.6 Å². The van der Waals surface area contributed by atoms with Crippen molar-refractivity contribution >= 4 is 33.7 Å². The molecule has 2 aromatic heterocycles. The summed E-state index contributed by atoms with van der Waals surface area (Å²) in [5.74, 6) is -1.53. The molecular formula is C18H11ClF2N4. The third kappa shape index (κ3) is 3.04. The van der Waals surface area contributed by atoms with Gasteiger partial charge in [0.25, 0.3) is 0 Å². The van der Waals surface area contributed by atoms with E-state index < -0.39 is 11.6 Å². The smallest absolute Gasteiger partial charge is 0.161 e. The summed E-state index contributed by atoms with van der Waals surface area (Å²) in [5.41, 5.74) is 2.48. The minimum absolute atomic E-state index is 0.314. The Morgan fingerprint density at radius 2 is 1.88 bits per heavy atom. The third-order valence-corrected chi connectivity index (χ3v) is 3.99. The Kier molecular flexibility index (Phi) is 3.82. The zero-order valence-electron chi connectivity index (χ0n) is 12.7. The normalized spacial score (nSPS) is 12.0. The predicted molar refractivity (Wildman–Crippen MR) is 93.3 cm³/mol. The van der Waals surface area contributed by atoms with E-state index in [2.05, 4.69) is 15.1 Å². The Hall–Kier alpha value is -2.99. The Morgan fingerprint density at radius 3 is 2.60 bits per heavy atom. The van der Waals surface area contributed by atoms with Crippen molar-refractivity contribution in [3.63, 3.8) is 0 Å². The maximum atomic E-state index is 13.3. The zero-order chi connectivity index (χ0) is 17.4. The largest absolute Gasteiger partial charge is 0.337 e. The molecule has 0 unspecified atom stereocenters. The molecule has 0 aliphatic heterocycles. The van der Waals surface area contributed by atoms with E-state index in [-0.39, 0.29) is 0 Å². The van der Waals surface area contributed by atoms with Crippen molar-refractivity contribution in [2.45, 2.75) is 0 Å². The summed E-state index contributed by atoms with van der Waals surface area (Å²) in [6.45, 7) is 0. The lowest BCUT2D eigenvalue weighted by Gasteiger charge is -2.02. The highest BCUT2D eigenvalue weighted by Gasteiger charge is 2.10. The van der Waals surface area contributed by atoms with Crippen LogP contribution in [0.25, 0.3) is 27.8 Å². The number of aromatic amines is 1. The molecule has 7 heteroatoms. The number of fused-ring (bicyclic) bond motifs is 1. The molecule has 2 heterocycles. The number of H-pyrrole nitrogens is 1. The summed E-state index contributed by atoms with van der Waals surface area (Å²) in [7, 11) is 0. The van der Waals surface area contributed by atoms with Gasteiger partial charge in [0.15, 0.2) is 11.6 Å². The average molecular weight is 357 g/mol. The number of benzene rings is 2. The highest BCUT2D eigenvalue weighted by atomic mass is 35.5. The summed E-state index contributed by atoms with van der Waals surface area (Å²) in [4.78, 5) is 7.08. The van der Waals surface area contributed by atoms with Crippen LogP contribution < -0.4 is 0 Å². The average Bonchev–Trinajstić information content (AvgIpc) is 3.26. The Labute approximate surface area is 146 Å². The second kappa shape index (κ2) is 6.14. The molecule has 2 aromatic carbocycles. The summed E-state index contributed by atoms with van der Waals surface area (Å²) in [6.07, 6.45) is 5.28. The van der Waals surface area contributed by atoms with E-state index in [1.165, 1.54) is 0 Å². The van der Waals surface area contributed by atoms with Crippen molar-refractivity contribution < 1.29 is 8.78 Å². The lowest BCUT2D eigenvalue weighted by atomic mass is 10.2. The summed E-state index contributed by atoms with van der Waals surface area (Å²) >= 11 is 6.29. The zero-order valence-corrected chi connectivity index (χ0v) is 13.5. The summed E-state index contributed by atoms with van der Waals surface area (Å²) in [6, 6.07) is 11.5.